The zero-order chi connectivity index (χ0) is 11.1. The van der Waals surface area contributed by atoms with Crippen molar-refractivity contribution in [2.45, 2.75) is 12.6 Å². The summed E-state index contributed by atoms with van der Waals surface area (Å²) in [6.07, 6.45) is 0.226. The van der Waals surface area contributed by atoms with Crippen molar-refractivity contribution in [2.24, 2.45) is 0 Å². The molecule has 0 heterocycles. The molecule has 1 aromatic carbocycles. The van der Waals surface area contributed by atoms with Gasteiger partial charge in [-0.1, -0.05) is 48.6 Å². The standard InChI is InChI=1S/C12H11F3/c13-11(12(14)15)9-5-4-8-10-6-2-1-3-7-10/h1-9,11-12H. The molecule has 15 heavy (non-hydrogen) atoms. The number of allylic oxidation sites excluding steroid dienone is 3. The third-order valence-electron chi connectivity index (χ3n) is 1.74. The minimum atomic E-state index is -2.95. The number of rotatable bonds is 4. The molecule has 0 aliphatic heterocycles. The van der Waals surface area contributed by atoms with Gasteiger partial charge in [-0.05, 0) is 11.6 Å². The molecule has 80 valence electrons. The van der Waals surface area contributed by atoms with Crippen molar-refractivity contribution >= 4 is 6.08 Å². The van der Waals surface area contributed by atoms with Gasteiger partial charge in [-0.15, -0.1) is 0 Å². The van der Waals surface area contributed by atoms with Crippen molar-refractivity contribution < 1.29 is 13.2 Å². The Morgan fingerprint density at radius 3 is 2.20 bits per heavy atom. The maximum absolute atomic E-state index is 12.4. The first kappa shape index (κ1) is 11.6. The highest BCUT2D eigenvalue weighted by Crippen LogP contribution is 2.07. The van der Waals surface area contributed by atoms with Crippen molar-refractivity contribution in [2.75, 3.05) is 0 Å². The molecular formula is C12H11F3. The molecule has 0 bridgehead atoms. The summed E-state index contributed by atoms with van der Waals surface area (Å²) in [5.74, 6) is 0. The minimum Gasteiger partial charge on any atom is -0.237 e. The summed E-state index contributed by atoms with van der Waals surface area (Å²) >= 11 is 0. The predicted octanol–water partition coefficient (Wildman–Crippen LogP) is 3.86. The van der Waals surface area contributed by atoms with E-state index in [0.29, 0.717) is 0 Å². The SMILES string of the molecule is FC(F)C(F)C=CC=Cc1ccccc1. The van der Waals surface area contributed by atoms with Gasteiger partial charge in [-0.3, -0.25) is 0 Å². The van der Waals surface area contributed by atoms with Gasteiger partial charge in [0.2, 0.25) is 0 Å². The second-order valence-corrected chi connectivity index (χ2v) is 2.93. The van der Waals surface area contributed by atoms with Crippen molar-refractivity contribution in [3.05, 3.63) is 54.1 Å². The molecule has 0 radical (unpaired) electrons. The van der Waals surface area contributed by atoms with Crippen molar-refractivity contribution in [3.8, 4) is 0 Å². The van der Waals surface area contributed by atoms with Gasteiger partial charge in [-0.2, -0.15) is 0 Å². The van der Waals surface area contributed by atoms with Crippen LogP contribution in [0.5, 0.6) is 0 Å². The topological polar surface area (TPSA) is 0 Å². The molecule has 1 atom stereocenters. The van der Waals surface area contributed by atoms with E-state index in [-0.39, 0.29) is 0 Å². The Bertz CT molecular complexity index is 328. The normalized spacial score (nSPS) is 14.1. The van der Waals surface area contributed by atoms with Crippen LogP contribution in [-0.2, 0) is 0 Å². The molecule has 0 spiro atoms. The summed E-state index contributed by atoms with van der Waals surface area (Å²) in [5, 5.41) is 0. The summed E-state index contributed by atoms with van der Waals surface area (Å²) in [4.78, 5) is 0. The van der Waals surface area contributed by atoms with Crippen LogP contribution in [0.1, 0.15) is 5.56 Å². The maximum Gasteiger partial charge on any atom is 0.272 e. The Morgan fingerprint density at radius 2 is 1.60 bits per heavy atom. The highest BCUT2D eigenvalue weighted by Gasteiger charge is 2.13. The van der Waals surface area contributed by atoms with Crippen molar-refractivity contribution in [1.82, 2.24) is 0 Å². The summed E-state index contributed by atoms with van der Waals surface area (Å²) in [5.41, 5.74) is 0.939. The second-order valence-electron chi connectivity index (χ2n) is 2.93. The van der Waals surface area contributed by atoms with Crippen LogP contribution in [0.3, 0.4) is 0 Å². The van der Waals surface area contributed by atoms with Crippen LogP contribution < -0.4 is 0 Å². The molecular weight excluding hydrogens is 201 g/mol. The van der Waals surface area contributed by atoms with Gasteiger partial charge in [0, 0.05) is 0 Å². The van der Waals surface area contributed by atoms with Crippen LogP contribution >= 0.6 is 0 Å². The van der Waals surface area contributed by atoms with E-state index >= 15 is 0 Å². The fourth-order valence-corrected chi connectivity index (χ4v) is 0.985. The average molecular weight is 212 g/mol. The first-order chi connectivity index (χ1) is 7.20. The third-order valence-corrected chi connectivity index (χ3v) is 1.74. The van der Waals surface area contributed by atoms with Crippen molar-refractivity contribution in [1.29, 1.82) is 0 Å². The minimum absolute atomic E-state index is 0.837. The molecule has 0 aliphatic rings. The average Bonchev–Trinajstić information content (AvgIpc) is 2.25. The van der Waals surface area contributed by atoms with Gasteiger partial charge < -0.3 is 0 Å². The highest BCUT2D eigenvalue weighted by atomic mass is 19.3. The van der Waals surface area contributed by atoms with E-state index in [1.54, 1.807) is 6.08 Å². The van der Waals surface area contributed by atoms with Crippen LogP contribution in [0.4, 0.5) is 13.2 Å². The van der Waals surface area contributed by atoms with Gasteiger partial charge in [-0.25, -0.2) is 13.2 Å². The molecule has 0 aliphatic carbocycles. The molecule has 0 amide bonds. The van der Waals surface area contributed by atoms with E-state index in [1.165, 1.54) is 12.2 Å². The van der Waals surface area contributed by atoms with Crippen LogP contribution in [0, 0.1) is 0 Å². The second kappa shape index (κ2) is 6.06. The monoisotopic (exact) mass is 212 g/mol. The smallest absolute Gasteiger partial charge is 0.237 e. The van der Waals surface area contributed by atoms with Crippen LogP contribution in [0.15, 0.2) is 48.6 Å². The number of halogens is 3. The molecule has 0 nitrogen and oxygen atoms in total. The largest absolute Gasteiger partial charge is 0.272 e. The zero-order valence-corrected chi connectivity index (χ0v) is 7.98. The fourth-order valence-electron chi connectivity index (χ4n) is 0.985. The van der Waals surface area contributed by atoms with Crippen molar-refractivity contribution in [3.63, 3.8) is 0 Å². The lowest BCUT2D eigenvalue weighted by molar-refractivity contribution is 0.0750. The van der Waals surface area contributed by atoms with E-state index in [9.17, 15) is 13.2 Å². The van der Waals surface area contributed by atoms with Gasteiger partial charge in [0.05, 0.1) is 0 Å². The molecule has 0 N–H and O–H groups in total. The van der Waals surface area contributed by atoms with Gasteiger partial charge >= 0.3 is 0 Å². The van der Waals surface area contributed by atoms with Crippen LogP contribution in [-0.4, -0.2) is 12.6 Å². The number of hydrogen-bond donors (Lipinski definition) is 0. The molecule has 1 aromatic rings. The number of alkyl halides is 3. The molecule has 0 fully saturated rings. The Kier molecular flexibility index (Phi) is 4.68. The third kappa shape index (κ3) is 4.49. The molecule has 0 saturated heterocycles. The zero-order valence-electron chi connectivity index (χ0n) is 7.98. The van der Waals surface area contributed by atoms with E-state index in [1.807, 2.05) is 30.3 Å². The molecule has 3 heteroatoms. The maximum atomic E-state index is 12.4. The Labute approximate surface area is 86.7 Å². The van der Waals surface area contributed by atoms with E-state index in [4.69, 9.17) is 0 Å². The number of benzene rings is 1. The molecule has 0 saturated carbocycles. The summed E-state index contributed by atoms with van der Waals surface area (Å²) in [7, 11) is 0. The van der Waals surface area contributed by atoms with Gasteiger partial charge in [0.25, 0.3) is 6.43 Å². The Balaban J connectivity index is 2.47. The summed E-state index contributed by atoms with van der Waals surface area (Å²) in [6.45, 7) is 0. The first-order valence-electron chi connectivity index (χ1n) is 4.52. The van der Waals surface area contributed by atoms with E-state index in [0.717, 1.165) is 11.6 Å². The summed E-state index contributed by atoms with van der Waals surface area (Å²) in [6, 6.07) is 9.33. The Hall–Kier alpha value is -1.51. The first-order valence-corrected chi connectivity index (χ1v) is 4.52. The predicted molar refractivity (Wildman–Crippen MR) is 55.5 cm³/mol. The number of hydrogen-bond acceptors (Lipinski definition) is 0. The highest BCUT2D eigenvalue weighted by molar-refractivity contribution is 5.50. The van der Waals surface area contributed by atoms with E-state index in [2.05, 4.69) is 0 Å². The lowest BCUT2D eigenvalue weighted by Crippen LogP contribution is -2.07. The summed E-state index contributed by atoms with van der Waals surface area (Å²) < 4.78 is 35.8. The molecule has 1 rings (SSSR count). The van der Waals surface area contributed by atoms with Gasteiger partial charge in [0.1, 0.15) is 0 Å². The molecule has 1 unspecified atom stereocenters. The van der Waals surface area contributed by atoms with Crippen LogP contribution in [0.2, 0.25) is 0 Å². The molecule has 0 aromatic heterocycles. The quantitative estimate of drug-likeness (QED) is 0.665. The fraction of sp³-hybridized carbons (Fsp3) is 0.167. The van der Waals surface area contributed by atoms with Gasteiger partial charge in [0.15, 0.2) is 6.17 Å². The lowest BCUT2D eigenvalue weighted by atomic mass is 10.2. The van der Waals surface area contributed by atoms with Crippen LogP contribution in [0.25, 0.3) is 6.08 Å². The lowest BCUT2D eigenvalue weighted by Gasteiger charge is -1.97. The van der Waals surface area contributed by atoms with E-state index < -0.39 is 12.6 Å². The Morgan fingerprint density at radius 1 is 0.933 bits per heavy atom.